The van der Waals surface area contributed by atoms with E-state index in [4.69, 9.17) is 9.84 Å². The van der Waals surface area contributed by atoms with Crippen LogP contribution in [0.1, 0.15) is 24.6 Å². The van der Waals surface area contributed by atoms with Gasteiger partial charge in [-0.3, -0.25) is 9.89 Å². The summed E-state index contributed by atoms with van der Waals surface area (Å²) >= 11 is 0. The quantitative estimate of drug-likeness (QED) is 0.592. The van der Waals surface area contributed by atoms with Crippen LogP contribution in [0.25, 0.3) is 6.08 Å². The normalized spacial score (nSPS) is 11.3. The summed E-state index contributed by atoms with van der Waals surface area (Å²) < 4.78 is 4.79. The van der Waals surface area contributed by atoms with Crippen molar-refractivity contribution in [1.29, 1.82) is 0 Å². The number of carbonyl (C=O) groups excluding carboxylic acids is 1. The van der Waals surface area contributed by atoms with Crippen LogP contribution in [-0.4, -0.2) is 33.8 Å². The molecule has 17 heavy (non-hydrogen) atoms. The van der Waals surface area contributed by atoms with Gasteiger partial charge in [-0.15, -0.1) is 0 Å². The van der Waals surface area contributed by atoms with Crippen molar-refractivity contribution in [3.05, 3.63) is 23.0 Å². The van der Waals surface area contributed by atoms with Crippen LogP contribution in [0.5, 0.6) is 0 Å². The van der Waals surface area contributed by atoms with Gasteiger partial charge >= 0.3 is 11.9 Å². The molecule has 1 rings (SSSR count). The predicted molar refractivity (Wildman–Crippen MR) is 60.2 cm³/mol. The topological polar surface area (TPSA) is 92.3 Å². The third-order valence-corrected chi connectivity index (χ3v) is 2.08. The number of aliphatic carboxylic acids is 1. The summed E-state index contributed by atoms with van der Waals surface area (Å²) in [6.45, 7) is 3.63. The van der Waals surface area contributed by atoms with Crippen LogP contribution in [0, 0.1) is 6.92 Å². The number of H-pyrrole nitrogens is 1. The summed E-state index contributed by atoms with van der Waals surface area (Å²) in [6, 6.07) is 0. The second kappa shape index (κ2) is 5.83. The second-order valence-corrected chi connectivity index (χ2v) is 3.39. The molecule has 0 spiro atoms. The lowest BCUT2D eigenvalue weighted by Crippen LogP contribution is -2.11. The molecule has 0 unspecified atom stereocenters. The first kappa shape index (κ1) is 13.0. The monoisotopic (exact) mass is 238 g/mol. The Balaban J connectivity index is 2.97. The van der Waals surface area contributed by atoms with Gasteiger partial charge in [-0.1, -0.05) is 0 Å². The Bertz CT molecular complexity index is 448. The zero-order valence-electron chi connectivity index (χ0n) is 9.69. The summed E-state index contributed by atoms with van der Waals surface area (Å²) in [4.78, 5) is 22.2. The Hall–Kier alpha value is -2.11. The zero-order chi connectivity index (χ0) is 12.8. The van der Waals surface area contributed by atoms with E-state index in [1.807, 2.05) is 0 Å². The van der Waals surface area contributed by atoms with Gasteiger partial charge in [0.25, 0.3) is 0 Å². The number of aryl methyl sites for hydroxylation is 1. The number of aromatic nitrogens is 2. The predicted octanol–water partition coefficient (Wildman–Crippen LogP) is 1.14. The third-order valence-electron chi connectivity index (χ3n) is 2.08. The van der Waals surface area contributed by atoms with Crippen LogP contribution < -0.4 is 0 Å². The highest BCUT2D eigenvalue weighted by Gasteiger charge is 2.15. The van der Waals surface area contributed by atoms with Gasteiger partial charge in [-0.25, -0.2) is 4.79 Å². The molecule has 6 heteroatoms. The van der Waals surface area contributed by atoms with Crippen LogP contribution in [0.4, 0.5) is 0 Å². The minimum absolute atomic E-state index is 0.101. The largest absolute Gasteiger partial charge is 0.481 e. The summed E-state index contributed by atoms with van der Waals surface area (Å²) in [7, 11) is 0. The Morgan fingerprint density at radius 2 is 2.29 bits per heavy atom. The number of carboxylic acid groups (broad SMARTS) is 1. The van der Waals surface area contributed by atoms with Gasteiger partial charge in [-0.2, -0.15) is 5.10 Å². The molecular formula is C11H14N2O4. The molecule has 1 aromatic rings. The van der Waals surface area contributed by atoms with E-state index < -0.39 is 11.9 Å². The van der Waals surface area contributed by atoms with Crippen molar-refractivity contribution >= 4 is 18.0 Å². The molecular weight excluding hydrogens is 224 g/mol. The fraction of sp³-hybridized carbons (Fsp3) is 0.364. The molecule has 2 N–H and O–H groups in total. The van der Waals surface area contributed by atoms with Crippen LogP contribution in [0.2, 0.25) is 0 Å². The van der Waals surface area contributed by atoms with Gasteiger partial charge in [0.1, 0.15) is 0 Å². The van der Waals surface area contributed by atoms with Gasteiger partial charge in [-0.05, 0) is 19.9 Å². The highest BCUT2D eigenvalue weighted by Crippen LogP contribution is 2.13. The lowest BCUT2D eigenvalue weighted by molar-refractivity contribution is -0.142. The summed E-state index contributed by atoms with van der Waals surface area (Å²) in [5, 5.41) is 15.2. The second-order valence-electron chi connectivity index (χ2n) is 3.39. The van der Waals surface area contributed by atoms with Crippen molar-refractivity contribution in [2.24, 2.45) is 0 Å². The molecule has 0 aromatic carbocycles. The Morgan fingerprint density at radius 3 is 2.76 bits per heavy atom. The highest BCUT2D eigenvalue weighted by molar-refractivity contribution is 5.98. The average molecular weight is 238 g/mol. The average Bonchev–Trinajstić information content (AvgIpc) is 2.63. The molecule has 0 radical (unpaired) electrons. The van der Waals surface area contributed by atoms with Crippen molar-refractivity contribution in [2.75, 3.05) is 6.61 Å². The first-order chi connectivity index (χ1) is 8.04. The summed E-state index contributed by atoms with van der Waals surface area (Å²) in [5.74, 6) is -1.69. The molecule has 0 aliphatic heterocycles. The number of aromatic amines is 1. The maximum Gasteiger partial charge on any atom is 0.334 e. The van der Waals surface area contributed by atoms with Crippen LogP contribution in [0.3, 0.4) is 0 Å². The number of hydrogen-bond acceptors (Lipinski definition) is 4. The van der Waals surface area contributed by atoms with Crippen LogP contribution >= 0.6 is 0 Å². The molecule has 92 valence electrons. The Kier molecular flexibility index (Phi) is 4.45. The number of carbonyl (C=O) groups is 2. The number of carboxylic acids is 1. The Labute approximate surface area is 98.3 Å². The van der Waals surface area contributed by atoms with E-state index in [2.05, 4.69) is 10.2 Å². The van der Waals surface area contributed by atoms with Crippen molar-refractivity contribution in [2.45, 2.75) is 20.3 Å². The van der Waals surface area contributed by atoms with Gasteiger partial charge < -0.3 is 9.84 Å². The van der Waals surface area contributed by atoms with Crippen molar-refractivity contribution in [1.82, 2.24) is 10.2 Å². The maximum absolute atomic E-state index is 11.5. The fourth-order valence-corrected chi connectivity index (χ4v) is 1.27. The van der Waals surface area contributed by atoms with Crippen LogP contribution in [0.15, 0.2) is 11.8 Å². The molecule has 0 saturated heterocycles. The Morgan fingerprint density at radius 1 is 1.59 bits per heavy atom. The summed E-state index contributed by atoms with van der Waals surface area (Å²) in [6.07, 6.45) is 2.70. The molecule has 0 fully saturated rings. The molecule has 0 atom stereocenters. The number of rotatable bonds is 5. The lowest BCUT2D eigenvalue weighted by atomic mass is 10.1. The van der Waals surface area contributed by atoms with Crippen molar-refractivity contribution < 1.29 is 19.4 Å². The van der Waals surface area contributed by atoms with Crippen LogP contribution in [-0.2, 0) is 14.3 Å². The van der Waals surface area contributed by atoms with E-state index in [1.165, 1.54) is 6.08 Å². The third kappa shape index (κ3) is 3.75. The zero-order valence-corrected chi connectivity index (χ0v) is 9.69. The highest BCUT2D eigenvalue weighted by atomic mass is 16.5. The van der Waals surface area contributed by atoms with E-state index in [9.17, 15) is 9.59 Å². The van der Waals surface area contributed by atoms with Crippen molar-refractivity contribution in [3.8, 4) is 0 Å². The van der Waals surface area contributed by atoms with E-state index in [0.29, 0.717) is 11.3 Å². The van der Waals surface area contributed by atoms with Gasteiger partial charge in [0.2, 0.25) is 0 Å². The number of hydrogen-bond donors (Lipinski definition) is 2. The van der Waals surface area contributed by atoms with Crippen molar-refractivity contribution in [3.63, 3.8) is 0 Å². The smallest absolute Gasteiger partial charge is 0.334 e. The minimum atomic E-state index is -1.08. The molecule has 1 aromatic heterocycles. The molecule has 0 bridgehead atoms. The number of nitrogens with one attached hydrogen (secondary N) is 1. The lowest BCUT2D eigenvalue weighted by Gasteiger charge is -2.04. The molecule has 0 saturated carbocycles. The molecule has 6 nitrogen and oxygen atoms in total. The van der Waals surface area contributed by atoms with Gasteiger partial charge in [0.05, 0.1) is 18.7 Å². The van der Waals surface area contributed by atoms with E-state index >= 15 is 0 Å². The van der Waals surface area contributed by atoms with E-state index in [1.54, 1.807) is 20.0 Å². The number of esters is 1. The number of nitrogens with zero attached hydrogens (tertiary/aromatic N) is 1. The SMILES string of the molecule is CCOC(=O)/C(=C/c1c[nH]nc1C)CC(=O)O. The molecule has 0 aliphatic rings. The maximum atomic E-state index is 11.5. The standard InChI is InChI=1S/C11H14N2O4/c1-3-17-11(16)8(5-10(14)15)4-9-6-12-13-7(9)2/h4,6H,3,5H2,1-2H3,(H,12,13)(H,14,15)/b8-4+. The van der Waals surface area contributed by atoms with Gasteiger partial charge in [0.15, 0.2) is 0 Å². The van der Waals surface area contributed by atoms with E-state index in [-0.39, 0.29) is 18.6 Å². The van der Waals surface area contributed by atoms with E-state index in [0.717, 1.165) is 0 Å². The first-order valence-electron chi connectivity index (χ1n) is 5.14. The molecule has 0 aliphatic carbocycles. The minimum Gasteiger partial charge on any atom is -0.481 e. The molecule has 1 heterocycles. The van der Waals surface area contributed by atoms with Gasteiger partial charge in [0, 0.05) is 17.3 Å². The number of ether oxygens (including phenoxy) is 1. The first-order valence-corrected chi connectivity index (χ1v) is 5.14. The fourth-order valence-electron chi connectivity index (χ4n) is 1.27. The summed E-state index contributed by atoms with van der Waals surface area (Å²) in [5.41, 5.74) is 1.47. The molecule has 0 amide bonds.